The fourth-order valence-electron chi connectivity index (χ4n) is 2.72. The van der Waals surface area contributed by atoms with Crippen molar-refractivity contribution in [2.24, 2.45) is 11.8 Å². The predicted molar refractivity (Wildman–Crippen MR) is 51.8 cm³/mol. The smallest absolute Gasteiger partial charge is 0.308 e. The van der Waals surface area contributed by atoms with E-state index in [1.165, 1.54) is 13.5 Å². The van der Waals surface area contributed by atoms with Crippen LogP contribution in [0.5, 0.6) is 0 Å². The van der Waals surface area contributed by atoms with Crippen LogP contribution in [0.25, 0.3) is 0 Å². The fourth-order valence-corrected chi connectivity index (χ4v) is 2.72. The number of methoxy groups -OCH3 is 1. The number of ether oxygens (including phenoxy) is 2. The molecule has 0 N–H and O–H groups in total. The molecule has 14 heavy (non-hydrogen) atoms. The molecule has 1 saturated heterocycles. The Morgan fingerprint density at radius 2 is 2.21 bits per heavy atom. The maximum atomic E-state index is 11.4. The molecule has 0 amide bonds. The van der Waals surface area contributed by atoms with E-state index in [4.69, 9.17) is 9.47 Å². The van der Waals surface area contributed by atoms with Gasteiger partial charge in [0.1, 0.15) is 0 Å². The fraction of sp³-hybridized carbons (Fsp3) is 0.909. The summed E-state index contributed by atoms with van der Waals surface area (Å²) in [5.41, 5.74) is 0. The van der Waals surface area contributed by atoms with Gasteiger partial charge in [-0.3, -0.25) is 4.79 Å². The Labute approximate surface area is 84.8 Å². The van der Waals surface area contributed by atoms with E-state index >= 15 is 0 Å². The number of carbonyl (C=O) groups is 1. The zero-order valence-electron chi connectivity index (χ0n) is 8.70. The lowest BCUT2D eigenvalue weighted by Crippen LogP contribution is -2.37. The van der Waals surface area contributed by atoms with Crippen LogP contribution in [0.4, 0.5) is 0 Å². The van der Waals surface area contributed by atoms with Gasteiger partial charge in [-0.2, -0.15) is 0 Å². The molecule has 2 fully saturated rings. The Morgan fingerprint density at radius 3 is 3.00 bits per heavy atom. The molecule has 1 aliphatic carbocycles. The third kappa shape index (κ3) is 1.92. The van der Waals surface area contributed by atoms with E-state index in [1.54, 1.807) is 0 Å². The summed E-state index contributed by atoms with van der Waals surface area (Å²) in [5, 5.41) is 0. The van der Waals surface area contributed by atoms with E-state index in [0.29, 0.717) is 12.0 Å². The Bertz CT molecular complexity index is 215. The number of hydrogen-bond donors (Lipinski definition) is 0. The van der Waals surface area contributed by atoms with E-state index in [1.807, 2.05) is 0 Å². The highest BCUT2D eigenvalue weighted by atomic mass is 16.5. The second-order valence-electron chi connectivity index (χ2n) is 4.34. The maximum absolute atomic E-state index is 11.4. The molecule has 2 aliphatic rings. The first-order valence-corrected chi connectivity index (χ1v) is 5.50. The highest BCUT2D eigenvalue weighted by molar-refractivity contribution is 5.72. The molecular weight excluding hydrogens is 180 g/mol. The second-order valence-corrected chi connectivity index (χ2v) is 4.34. The molecule has 0 spiro atoms. The van der Waals surface area contributed by atoms with Gasteiger partial charge in [0, 0.05) is 6.61 Å². The zero-order chi connectivity index (χ0) is 9.97. The van der Waals surface area contributed by atoms with Gasteiger partial charge in [0.2, 0.25) is 0 Å². The largest absolute Gasteiger partial charge is 0.469 e. The normalized spacial score (nSPS) is 37.4. The summed E-state index contributed by atoms with van der Waals surface area (Å²) in [6, 6.07) is 0. The predicted octanol–water partition coefficient (Wildman–Crippen LogP) is 1.75. The molecule has 3 nitrogen and oxygen atoms in total. The van der Waals surface area contributed by atoms with E-state index in [9.17, 15) is 4.79 Å². The number of rotatable bonds is 1. The molecule has 0 aromatic heterocycles. The van der Waals surface area contributed by atoms with Crippen LogP contribution < -0.4 is 0 Å². The van der Waals surface area contributed by atoms with Crippen molar-refractivity contribution in [2.45, 2.75) is 38.2 Å². The molecule has 0 aromatic carbocycles. The second kappa shape index (κ2) is 4.30. The van der Waals surface area contributed by atoms with Crippen molar-refractivity contribution in [1.29, 1.82) is 0 Å². The van der Waals surface area contributed by atoms with Gasteiger partial charge in [-0.15, -0.1) is 0 Å². The van der Waals surface area contributed by atoms with Crippen LogP contribution in [0.1, 0.15) is 32.1 Å². The Morgan fingerprint density at radius 1 is 1.36 bits per heavy atom. The van der Waals surface area contributed by atoms with E-state index in [-0.39, 0.29) is 11.9 Å². The summed E-state index contributed by atoms with van der Waals surface area (Å²) in [7, 11) is 1.48. The Kier molecular flexibility index (Phi) is 3.06. The minimum Gasteiger partial charge on any atom is -0.469 e. The molecule has 0 bridgehead atoms. The summed E-state index contributed by atoms with van der Waals surface area (Å²) in [6.45, 7) is 0.907. The summed E-state index contributed by atoms with van der Waals surface area (Å²) < 4.78 is 10.5. The summed E-state index contributed by atoms with van der Waals surface area (Å²) >= 11 is 0. The topological polar surface area (TPSA) is 35.5 Å². The molecule has 1 aliphatic heterocycles. The molecule has 1 heterocycles. The van der Waals surface area contributed by atoms with Crippen LogP contribution in [0, 0.1) is 11.8 Å². The highest BCUT2D eigenvalue weighted by Gasteiger charge is 2.36. The molecule has 0 unspecified atom stereocenters. The van der Waals surface area contributed by atoms with Crippen LogP contribution in [-0.2, 0) is 14.3 Å². The van der Waals surface area contributed by atoms with Crippen LogP contribution in [-0.4, -0.2) is 25.8 Å². The van der Waals surface area contributed by atoms with E-state index < -0.39 is 0 Å². The first-order chi connectivity index (χ1) is 6.81. The minimum absolute atomic E-state index is 0.0333. The third-order valence-electron chi connectivity index (χ3n) is 3.50. The van der Waals surface area contributed by atoms with Crippen LogP contribution in [0.15, 0.2) is 0 Å². The molecule has 2 rings (SSSR count). The highest BCUT2D eigenvalue weighted by Crippen LogP contribution is 2.36. The van der Waals surface area contributed by atoms with Crippen molar-refractivity contribution < 1.29 is 14.3 Å². The maximum Gasteiger partial charge on any atom is 0.308 e. The van der Waals surface area contributed by atoms with Crippen molar-refractivity contribution in [2.75, 3.05) is 13.7 Å². The van der Waals surface area contributed by atoms with Crippen molar-refractivity contribution in [1.82, 2.24) is 0 Å². The number of fused-ring (bicyclic) bond motifs is 1. The SMILES string of the molecule is COC(=O)[C@H]1CC[C@@H]2OCCC[C@H]2C1. The average Bonchev–Trinajstić information content (AvgIpc) is 2.27. The van der Waals surface area contributed by atoms with Gasteiger partial charge in [-0.25, -0.2) is 0 Å². The number of hydrogen-bond acceptors (Lipinski definition) is 3. The van der Waals surface area contributed by atoms with E-state index in [0.717, 1.165) is 32.3 Å². The molecule has 0 aromatic rings. The summed E-state index contributed by atoms with van der Waals surface area (Å²) in [4.78, 5) is 11.4. The van der Waals surface area contributed by atoms with Crippen LogP contribution in [0.2, 0.25) is 0 Å². The molecule has 3 heteroatoms. The molecule has 1 saturated carbocycles. The molecular formula is C11H18O3. The zero-order valence-corrected chi connectivity index (χ0v) is 8.70. The molecule has 0 radical (unpaired) electrons. The summed E-state index contributed by atoms with van der Waals surface area (Å²) in [6.07, 6.45) is 5.73. The average molecular weight is 198 g/mol. The van der Waals surface area contributed by atoms with Gasteiger partial charge in [0.25, 0.3) is 0 Å². The van der Waals surface area contributed by atoms with E-state index in [2.05, 4.69) is 0 Å². The van der Waals surface area contributed by atoms with Crippen LogP contribution in [0.3, 0.4) is 0 Å². The lowest BCUT2D eigenvalue weighted by atomic mass is 9.76. The van der Waals surface area contributed by atoms with Gasteiger partial charge < -0.3 is 9.47 Å². The van der Waals surface area contributed by atoms with Crippen molar-refractivity contribution >= 4 is 5.97 Å². The minimum atomic E-state index is -0.0333. The van der Waals surface area contributed by atoms with Gasteiger partial charge in [-0.1, -0.05) is 0 Å². The Hall–Kier alpha value is -0.570. The standard InChI is InChI=1S/C11H18O3/c1-13-11(12)9-4-5-10-8(7-9)3-2-6-14-10/h8-10H,2-7H2,1H3/t8-,9-,10-/m0/s1. The number of carbonyl (C=O) groups excluding carboxylic acids is 1. The molecule has 3 atom stereocenters. The van der Waals surface area contributed by atoms with Crippen molar-refractivity contribution in [3.8, 4) is 0 Å². The van der Waals surface area contributed by atoms with Crippen molar-refractivity contribution in [3.05, 3.63) is 0 Å². The quantitative estimate of drug-likeness (QED) is 0.602. The lowest BCUT2D eigenvalue weighted by molar-refractivity contribution is -0.150. The monoisotopic (exact) mass is 198 g/mol. The lowest BCUT2D eigenvalue weighted by Gasteiger charge is -2.38. The number of esters is 1. The summed E-state index contributed by atoms with van der Waals surface area (Å²) in [5.74, 6) is 0.693. The van der Waals surface area contributed by atoms with Gasteiger partial charge in [0.15, 0.2) is 0 Å². The van der Waals surface area contributed by atoms with Gasteiger partial charge >= 0.3 is 5.97 Å². The third-order valence-corrected chi connectivity index (χ3v) is 3.50. The van der Waals surface area contributed by atoms with Gasteiger partial charge in [-0.05, 0) is 38.0 Å². The molecule has 80 valence electrons. The first kappa shape index (κ1) is 9.97. The van der Waals surface area contributed by atoms with Gasteiger partial charge in [0.05, 0.1) is 19.1 Å². The Balaban J connectivity index is 1.92. The first-order valence-electron chi connectivity index (χ1n) is 5.50. The van der Waals surface area contributed by atoms with Crippen LogP contribution >= 0.6 is 0 Å². The van der Waals surface area contributed by atoms with Crippen molar-refractivity contribution in [3.63, 3.8) is 0 Å².